The van der Waals surface area contributed by atoms with Crippen molar-refractivity contribution in [2.45, 2.75) is 76.0 Å². The number of methoxy groups -OCH3 is 1. The minimum Gasteiger partial charge on any atom is -0.469 e. The monoisotopic (exact) mass is 407 g/mol. The summed E-state index contributed by atoms with van der Waals surface area (Å²) in [6.07, 6.45) is 14.9. The molecule has 5 atom stereocenters. The number of hydrogen-bond donors (Lipinski definition) is 2. The fourth-order valence-electron chi connectivity index (χ4n) is 4.10. The second-order valence-electron chi connectivity index (χ2n) is 7.71. The van der Waals surface area contributed by atoms with E-state index in [1.807, 2.05) is 12.2 Å². The summed E-state index contributed by atoms with van der Waals surface area (Å²) in [5.41, 5.74) is -0.647. The molecule has 0 saturated heterocycles. The number of aliphatic hydroxyl groups excluding tert-OH is 2. The molecule has 28 heavy (non-hydrogen) atoms. The molecule has 0 aromatic heterocycles. The molecule has 1 aliphatic carbocycles. The summed E-state index contributed by atoms with van der Waals surface area (Å²) < 4.78 is 4.66. The number of hydrogen-bond acceptors (Lipinski definition) is 6. The van der Waals surface area contributed by atoms with Crippen LogP contribution in [-0.4, -0.2) is 51.8 Å². The molecule has 0 amide bonds. The average Bonchev–Trinajstić information content (AvgIpc) is 3.15. The molecule has 1 aliphatic heterocycles. The molecule has 1 saturated carbocycles. The second-order valence-corrected chi connectivity index (χ2v) is 8.88. The van der Waals surface area contributed by atoms with Gasteiger partial charge in [0.1, 0.15) is 5.54 Å². The molecular weight excluding hydrogens is 374 g/mol. The third-order valence-corrected chi connectivity index (χ3v) is 6.78. The summed E-state index contributed by atoms with van der Waals surface area (Å²) in [7, 11) is 1.40. The van der Waals surface area contributed by atoms with Crippen LogP contribution in [0.1, 0.15) is 58.3 Å². The predicted molar refractivity (Wildman–Crippen MR) is 114 cm³/mol. The van der Waals surface area contributed by atoms with E-state index in [2.05, 4.69) is 17.6 Å². The molecule has 0 radical (unpaired) electrons. The lowest BCUT2D eigenvalue weighted by molar-refractivity contribution is -0.140. The lowest BCUT2D eigenvalue weighted by atomic mass is 9.83. The van der Waals surface area contributed by atoms with Crippen LogP contribution < -0.4 is 0 Å². The van der Waals surface area contributed by atoms with Crippen LogP contribution in [0.25, 0.3) is 0 Å². The molecule has 0 aromatic carbocycles. The number of nitrogens with zero attached hydrogens (tertiary/aromatic N) is 1. The zero-order chi connectivity index (χ0) is 20.6. The van der Waals surface area contributed by atoms with E-state index in [1.54, 1.807) is 11.8 Å². The number of ether oxygens (including phenoxy) is 1. The van der Waals surface area contributed by atoms with Gasteiger partial charge in [0, 0.05) is 31.1 Å². The number of unbranched alkanes of at least 4 members (excludes halogenated alkanes) is 2. The molecule has 0 bridgehead atoms. The van der Waals surface area contributed by atoms with Gasteiger partial charge in [-0.1, -0.05) is 44.3 Å². The van der Waals surface area contributed by atoms with Gasteiger partial charge in [0.25, 0.3) is 0 Å². The highest BCUT2D eigenvalue weighted by molar-refractivity contribution is 8.13. The van der Waals surface area contributed by atoms with E-state index in [1.165, 1.54) is 7.11 Å². The molecule has 2 N–H and O–H groups in total. The van der Waals surface area contributed by atoms with E-state index < -0.39 is 17.7 Å². The van der Waals surface area contributed by atoms with E-state index in [0.717, 1.165) is 49.3 Å². The van der Waals surface area contributed by atoms with Crippen LogP contribution in [-0.2, 0) is 9.53 Å². The van der Waals surface area contributed by atoms with Crippen LogP contribution in [0, 0.1) is 24.2 Å². The van der Waals surface area contributed by atoms with Crippen LogP contribution in [0.3, 0.4) is 0 Å². The Morgan fingerprint density at radius 2 is 2.29 bits per heavy atom. The van der Waals surface area contributed by atoms with Crippen LogP contribution >= 0.6 is 11.8 Å². The van der Waals surface area contributed by atoms with Crippen molar-refractivity contribution in [3.05, 3.63) is 12.2 Å². The van der Waals surface area contributed by atoms with Crippen molar-refractivity contribution in [1.82, 2.24) is 0 Å². The van der Waals surface area contributed by atoms with Gasteiger partial charge in [-0.15, -0.1) is 18.2 Å². The van der Waals surface area contributed by atoms with Gasteiger partial charge >= 0.3 is 5.97 Å². The summed E-state index contributed by atoms with van der Waals surface area (Å²) in [4.78, 5) is 16.0. The number of fused-ring (bicyclic) bond motifs is 1. The number of carbonyl (C=O) groups is 1. The maximum absolute atomic E-state index is 11.2. The predicted octanol–water partition coefficient (Wildman–Crippen LogP) is 3.34. The van der Waals surface area contributed by atoms with E-state index >= 15 is 0 Å². The van der Waals surface area contributed by atoms with E-state index in [4.69, 9.17) is 11.4 Å². The van der Waals surface area contributed by atoms with Gasteiger partial charge < -0.3 is 14.9 Å². The van der Waals surface area contributed by atoms with Crippen molar-refractivity contribution in [1.29, 1.82) is 0 Å². The summed E-state index contributed by atoms with van der Waals surface area (Å²) in [6, 6.07) is 0. The first kappa shape index (κ1) is 23.0. The fourth-order valence-corrected chi connectivity index (χ4v) is 5.15. The maximum atomic E-state index is 11.2. The first-order chi connectivity index (χ1) is 13.5. The molecule has 156 valence electrons. The molecule has 0 spiro atoms. The zero-order valence-corrected chi connectivity index (χ0v) is 17.8. The highest BCUT2D eigenvalue weighted by Gasteiger charge is 2.55. The molecule has 0 aromatic rings. The highest BCUT2D eigenvalue weighted by Crippen LogP contribution is 2.50. The molecule has 2 rings (SSSR count). The Kier molecular flexibility index (Phi) is 9.07. The van der Waals surface area contributed by atoms with Gasteiger partial charge in [0.15, 0.2) is 0 Å². The first-order valence-electron chi connectivity index (χ1n) is 10.3. The number of aliphatic hydroxyl groups is 2. The molecule has 1 heterocycles. The Balaban J connectivity index is 1.93. The maximum Gasteiger partial charge on any atom is 0.305 e. The Morgan fingerprint density at radius 1 is 1.50 bits per heavy atom. The van der Waals surface area contributed by atoms with Gasteiger partial charge in [-0.25, -0.2) is 0 Å². The van der Waals surface area contributed by atoms with Crippen LogP contribution in [0.2, 0.25) is 0 Å². The quantitative estimate of drug-likeness (QED) is 0.251. The number of esters is 1. The molecule has 5 nitrogen and oxygen atoms in total. The Bertz CT molecular complexity index is 627. The van der Waals surface area contributed by atoms with Gasteiger partial charge in [0.2, 0.25) is 0 Å². The topological polar surface area (TPSA) is 79.1 Å². The van der Waals surface area contributed by atoms with Crippen LogP contribution in [0.15, 0.2) is 17.1 Å². The third-order valence-electron chi connectivity index (χ3n) is 5.69. The lowest BCUT2D eigenvalue weighted by Gasteiger charge is -2.21. The number of thioether (sulfide) groups is 1. The molecule has 6 heteroatoms. The number of carbonyl (C=O) groups excluding carboxylic acids is 1. The van der Waals surface area contributed by atoms with Crippen LogP contribution in [0.5, 0.6) is 0 Å². The van der Waals surface area contributed by atoms with Gasteiger partial charge in [0.05, 0.1) is 24.4 Å². The highest BCUT2D eigenvalue weighted by atomic mass is 32.2. The smallest absolute Gasteiger partial charge is 0.305 e. The summed E-state index contributed by atoms with van der Waals surface area (Å²) in [6.45, 7) is 2.14. The van der Waals surface area contributed by atoms with E-state index in [0.29, 0.717) is 12.8 Å². The summed E-state index contributed by atoms with van der Waals surface area (Å²) in [5, 5.41) is 21.7. The van der Waals surface area contributed by atoms with E-state index in [9.17, 15) is 15.0 Å². The third kappa shape index (κ3) is 5.85. The average molecular weight is 408 g/mol. The zero-order valence-electron chi connectivity index (χ0n) is 17.0. The number of terminal acetylenes is 1. The molecule has 2 aliphatic rings. The largest absolute Gasteiger partial charge is 0.469 e. The normalized spacial score (nSPS) is 30.1. The van der Waals surface area contributed by atoms with Crippen molar-refractivity contribution in [2.24, 2.45) is 16.8 Å². The Morgan fingerprint density at radius 3 is 2.96 bits per heavy atom. The van der Waals surface area contributed by atoms with Crippen molar-refractivity contribution >= 4 is 22.8 Å². The Labute approximate surface area is 173 Å². The molecule has 5 unspecified atom stereocenters. The number of rotatable bonds is 10. The summed E-state index contributed by atoms with van der Waals surface area (Å²) >= 11 is 1.64. The standard InChI is InChI=1S/C22H33NO4S/c1-4-6-7-9-16(24)11-12-17-18-14-20(28-13-8-10-21(26)27-3)23-22(18,5-2)15-19(17)25/h2,11-12,16-19,24-25H,4,6-10,13-15H2,1,3H3. The molecule has 1 fully saturated rings. The number of aliphatic imine (C=N–C) groups is 1. The minimum atomic E-state index is -0.647. The van der Waals surface area contributed by atoms with Crippen molar-refractivity contribution in [2.75, 3.05) is 12.9 Å². The van der Waals surface area contributed by atoms with Crippen molar-refractivity contribution in [3.8, 4) is 12.3 Å². The lowest BCUT2D eigenvalue weighted by Crippen LogP contribution is -2.27. The van der Waals surface area contributed by atoms with Gasteiger partial charge in [-0.3, -0.25) is 9.79 Å². The first-order valence-corrected chi connectivity index (χ1v) is 11.2. The minimum absolute atomic E-state index is 0.0645. The summed E-state index contributed by atoms with van der Waals surface area (Å²) in [5.74, 6) is 3.42. The van der Waals surface area contributed by atoms with E-state index in [-0.39, 0.29) is 17.8 Å². The Hall–Kier alpha value is -1.29. The van der Waals surface area contributed by atoms with Crippen molar-refractivity contribution < 1.29 is 19.7 Å². The van der Waals surface area contributed by atoms with Crippen LogP contribution in [0.4, 0.5) is 0 Å². The SMILES string of the molecule is C#CC12CC(O)C(C=CC(O)CCCCC)C1CC(SCCCC(=O)OC)=N2. The second kappa shape index (κ2) is 11.0. The van der Waals surface area contributed by atoms with Gasteiger partial charge in [-0.05, 0) is 18.6 Å². The van der Waals surface area contributed by atoms with Gasteiger partial charge in [-0.2, -0.15) is 0 Å². The molecular formula is C22H33NO4S. The fraction of sp³-hybridized carbons (Fsp3) is 0.727. The van der Waals surface area contributed by atoms with Crippen molar-refractivity contribution in [3.63, 3.8) is 0 Å².